The minimum absolute atomic E-state index is 0.0323. The number of carbonyl (C=O) groups excluding carboxylic acids is 1. The number of hydrogen-bond acceptors (Lipinski definition) is 5. The molecule has 0 fully saturated rings. The highest BCUT2D eigenvalue weighted by atomic mass is 32.2. The van der Waals surface area contributed by atoms with Crippen LogP contribution in [0.25, 0.3) is 11.3 Å². The van der Waals surface area contributed by atoms with Crippen molar-refractivity contribution in [3.05, 3.63) is 64.4 Å². The number of aromatic nitrogens is 3. The fourth-order valence-electron chi connectivity index (χ4n) is 3.75. The summed E-state index contributed by atoms with van der Waals surface area (Å²) in [7, 11) is 3.96. The molecule has 1 atom stereocenters. The lowest BCUT2D eigenvalue weighted by molar-refractivity contribution is -0.763. The Morgan fingerprint density at radius 2 is 1.90 bits per heavy atom. The molecule has 4 rings (SSSR count). The Kier molecular flexibility index (Phi) is 5.34. The number of nitrogens with one attached hydrogen (secondary N) is 1. The van der Waals surface area contributed by atoms with Crippen LogP contribution in [0, 0.1) is 0 Å². The van der Waals surface area contributed by atoms with E-state index in [0.717, 1.165) is 16.9 Å². The molecule has 1 amide bonds. The Balaban J connectivity index is 2.02. The van der Waals surface area contributed by atoms with Crippen LogP contribution in [-0.4, -0.2) is 36.3 Å². The van der Waals surface area contributed by atoms with Crippen molar-refractivity contribution in [2.45, 2.75) is 24.7 Å². The standard InChI is InChI=1S/C22H23N5O2S/c1-5-18(28)26-17-9-7-6-8-16(17)19-20(29)23-22(30-4)24-27(19)21(26)14-10-12-15(13-11-14)25(2)3/h6-13,21H,5H2,1-4H3/p+1/t21-/m1/s1. The third kappa shape index (κ3) is 3.27. The molecule has 154 valence electrons. The maximum absolute atomic E-state index is 13.1. The van der Waals surface area contributed by atoms with Crippen LogP contribution in [0.15, 0.2) is 58.5 Å². The number of anilines is 2. The summed E-state index contributed by atoms with van der Waals surface area (Å²) in [6.07, 6.45) is 1.65. The molecule has 1 N–H and O–H groups in total. The fourth-order valence-corrected chi connectivity index (χ4v) is 4.11. The molecule has 0 saturated heterocycles. The summed E-state index contributed by atoms with van der Waals surface area (Å²) >= 11 is 1.36. The molecular weight excluding hydrogens is 398 g/mol. The van der Waals surface area contributed by atoms with Crippen LogP contribution in [-0.2, 0) is 4.79 Å². The van der Waals surface area contributed by atoms with Crippen LogP contribution in [0.2, 0.25) is 0 Å². The van der Waals surface area contributed by atoms with Gasteiger partial charge in [0.05, 0.1) is 11.3 Å². The molecular formula is C22H24N5O2S+. The van der Waals surface area contributed by atoms with Gasteiger partial charge in [0.1, 0.15) is 0 Å². The van der Waals surface area contributed by atoms with Crippen molar-refractivity contribution in [1.29, 1.82) is 0 Å². The summed E-state index contributed by atoms with van der Waals surface area (Å²) in [5.74, 6) is -0.0323. The number of amides is 1. The molecule has 8 heteroatoms. The van der Waals surface area contributed by atoms with Crippen molar-refractivity contribution >= 4 is 29.0 Å². The van der Waals surface area contributed by atoms with Gasteiger partial charge in [-0.25, -0.2) is 4.90 Å². The zero-order valence-electron chi connectivity index (χ0n) is 17.4. The molecule has 2 heterocycles. The fraction of sp³-hybridized carbons (Fsp3) is 0.273. The van der Waals surface area contributed by atoms with Crippen molar-refractivity contribution in [3.63, 3.8) is 0 Å². The smallest absolute Gasteiger partial charge is 0.325 e. The number of benzene rings is 2. The van der Waals surface area contributed by atoms with Crippen molar-refractivity contribution < 1.29 is 9.48 Å². The third-order valence-corrected chi connectivity index (χ3v) is 5.80. The van der Waals surface area contributed by atoms with Crippen LogP contribution in [0.5, 0.6) is 0 Å². The van der Waals surface area contributed by atoms with Gasteiger partial charge in [-0.05, 0) is 47.3 Å². The average Bonchev–Trinajstić information content (AvgIpc) is 2.77. The van der Waals surface area contributed by atoms with E-state index >= 15 is 0 Å². The van der Waals surface area contributed by atoms with Crippen molar-refractivity contribution in [1.82, 2.24) is 10.1 Å². The van der Waals surface area contributed by atoms with Crippen molar-refractivity contribution in [2.24, 2.45) is 0 Å². The molecule has 0 saturated carbocycles. The number of H-pyrrole nitrogens is 1. The molecule has 0 bridgehead atoms. The first-order chi connectivity index (χ1) is 14.5. The monoisotopic (exact) mass is 422 g/mol. The van der Waals surface area contributed by atoms with Crippen LogP contribution >= 0.6 is 11.8 Å². The van der Waals surface area contributed by atoms with E-state index < -0.39 is 6.17 Å². The van der Waals surface area contributed by atoms with E-state index in [4.69, 9.17) is 5.10 Å². The van der Waals surface area contributed by atoms with Crippen molar-refractivity contribution in [3.8, 4) is 11.3 Å². The van der Waals surface area contributed by atoms with Gasteiger partial charge in [0.25, 0.3) is 6.17 Å². The zero-order chi connectivity index (χ0) is 21.4. The molecule has 0 aliphatic carbocycles. The third-order valence-electron chi connectivity index (χ3n) is 5.23. The van der Waals surface area contributed by atoms with E-state index in [1.807, 2.05) is 80.7 Å². The molecule has 0 spiro atoms. The highest BCUT2D eigenvalue weighted by molar-refractivity contribution is 7.98. The molecule has 1 aliphatic heterocycles. The van der Waals surface area contributed by atoms with Gasteiger partial charge in [-0.1, -0.05) is 30.8 Å². The lowest BCUT2D eigenvalue weighted by atomic mass is 10.0. The minimum atomic E-state index is -0.549. The summed E-state index contributed by atoms with van der Waals surface area (Å²) in [4.78, 5) is 32.8. The van der Waals surface area contributed by atoms with Crippen LogP contribution in [0.3, 0.4) is 0 Å². The lowest BCUT2D eigenvalue weighted by Gasteiger charge is -2.32. The van der Waals surface area contributed by atoms with Gasteiger partial charge in [-0.2, -0.15) is 0 Å². The van der Waals surface area contributed by atoms with E-state index in [1.165, 1.54) is 11.8 Å². The second kappa shape index (κ2) is 7.95. The molecule has 1 aliphatic rings. The van der Waals surface area contributed by atoms with E-state index in [1.54, 1.807) is 9.58 Å². The Labute approximate surface area is 179 Å². The van der Waals surface area contributed by atoms with Gasteiger partial charge in [-0.15, -0.1) is 0 Å². The van der Waals surface area contributed by atoms with Crippen molar-refractivity contribution in [2.75, 3.05) is 30.2 Å². The SMILES string of the molecule is CCC(=O)N1c2ccccc2-c2c(=O)[nH]c(SC)n[n+]2[C@@H]1c1ccc(N(C)C)cc1. The molecule has 2 aromatic carbocycles. The highest BCUT2D eigenvalue weighted by Gasteiger charge is 2.45. The molecule has 30 heavy (non-hydrogen) atoms. The number of rotatable bonds is 4. The second-order valence-corrected chi connectivity index (χ2v) is 8.05. The Bertz CT molecular complexity index is 1160. The van der Waals surface area contributed by atoms with E-state index in [2.05, 4.69) is 4.98 Å². The Morgan fingerprint density at radius 1 is 1.20 bits per heavy atom. The van der Waals surface area contributed by atoms with Gasteiger partial charge >= 0.3 is 11.3 Å². The Hall–Kier alpha value is -3.13. The zero-order valence-corrected chi connectivity index (χ0v) is 18.2. The first-order valence-electron chi connectivity index (χ1n) is 9.75. The number of aromatic amines is 1. The summed E-state index contributed by atoms with van der Waals surface area (Å²) < 4.78 is 1.69. The topological polar surface area (TPSA) is 73.2 Å². The maximum Gasteiger partial charge on any atom is 0.325 e. The largest absolute Gasteiger partial charge is 0.378 e. The van der Waals surface area contributed by atoms with E-state index in [9.17, 15) is 9.59 Å². The summed E-state index contributed by atoms with van der Waals surface area (Å²) in [5, 5.41) is 5.20. The number of fused-ring (bicyclic) bond motifs is 3. The molecule has 7 nitrogen and oxygen atoms in total. The van der Waals surface area contributed by atoms with Crippen LogP contribution < -0.4 is 20.0 Å². The number of hydrogen-bond donors (Lipinski definition) is 1. The predicted octanol–water partition coefficient (Wildman–Crippen LogP) is 2.82. The number of thioether (sulfide) groups is 1. The predicted molar refractivity (Wildman–Crippen MR) is 119 cm³/mol. The van der Waals surface area contributed by atoms with E-state index in [-0.39, 0.29) is 11.5 Å². The van der Waals surface area contributed by atoms with Gasteiger partial charge < -0.3 is 4.90 Å². The highest BCUT2D eigenvalue weighted by Crippen LogP contribution is 2.37. The molecule has 0 unspecified atom stereocenters. The summed E-state index contributed by atoms with van der Waals surface area (Å²) in [6.45, 7) is 1.84. The first kappa shape index (κ1) is 20.2. The number of para-hydroxylation sites is 1. The van der Waals surface area contributed by atoms with Crippen LogP contribution in [0.1, 0.15) is 25.1 Å². The van der Waals surface area contributed by atoms with Gasteiger partial charge in [-0.3, -0.25) is 14.6 Å². The lowest BCUT2D eigenvalue weighted by Crippen LogP contribution is -2.60. The van der Waals surface area contributed by atoms with E-state index in [0.29, 0.717) is 22.8 Å². The van der Waals surface area contributed by atoms with Gasteiger partial charge in [0.15, 0.2) is 0 Å². The molecule has 0 radical (unpaired) electrons. The van der Waals surface area contributed by atoms with Gasteiger partial charge in [0, 0.05) is 36.9 Å². The Morgan fingerprint density at radius 3 is 2.53 bits per heavy atom. The van der Waals surface area contributed by atoms with Crippen LogP contribution in [0.4, 0.5) is 11.4 Å². The quantitative estimate of drug-likeness (QED) is 0.517. The molecule has 3 aromatic rings. The second-order valence-electron chi connectivity index (χ2n) is 7.25. The molecule has 1 aromatic heterocycles. The normalized spacial score (nSPS) is 14.8. The summed E-state index contributed by atoms with van der Waals surface area (Å²) in [5.41, 5.74) is 3.58. The minimum Gasteiger partial charge on any atom is -0.378 e. The maximum atomic E-state index is 13.1. The number of nitrogens with zero attached hydrogens (tertiary/aromatic N) is 4. The summed E-state index contributed by atoms with van der Waals surface area (Å²) in [6, 6.07) is 15.5. The average molecular weight is 423 g/mol. The number of carbonyl (C=O) groups is 1. The van der Waals surface area contributed by atoms with Gasteiger partial charge in [0.2, 0.25) is 11.1 Å². The first-order valence-corrected chi connectivity index (χ1v) is 11.0.